The molecule has 0 aliphatic rings. The Balaban J connectivity index is 2.35. The van der Waals surface area contributed by atoms with E-state index in [9.17, 15) is 13.2 Å². The lowest BCUT2D eigenvalue weighted by molar-refractivity contribution is -0.120. The van der Waals surface area contributed by atoms with Crippen LogP contribution in [-0.4, -0.2) is 20.9 Å². The molecule has 0 fully saturated rings. The molecule has 19 heavy (non-hydrogen) atoms. The van der Waals surface area contributed by atoms with E-state index in [2.05, 4.69) is 12.2 Å². The highest BCUT2D eigenvalue weighted by atomic mass is 32.2. The second-order valence-corrected chi connectivity index (χ2v) is 7.31. The lowest BCUT2D eigenvalue weighted by Crippen LogP contribution is -2.25. The van der Waals surface area contributed by atoms with Crippen molar-refractivity contribution in [2.24, 2.45) is 5.14 Å². The molecule has 0 spiro atoms. The van der Waals surface area contributed by atoms with Gasteiger partial charge in [-0.1, -0.05) is 26.2 Å². The number of rotatable bonds is 8. The van der Waals surface area contributed by atoms with Crippen molar-refractivity contribution in [3.63, 3.8) is 0 Å². The zero-order chi connectivity index (χ0) is 14.3. The first kappa shape index (κ1) is 16.1. The van der Waals surface area contributed by atoms with Gasteiger partial charge in [0.1, 0.15) is 4.21 Å². The van der Waals surface area contributed by atoms with Gasteiger partial charge in [-0.15, -0.1) is 11.3 Å². The first-order valence-corrected chi connectivity index (χ1v) is 8.68. The van der Waals surface area contributed by atoms with Crippen molar-refractivity contribution in [1.29, 1.82) is 0 Å². The normalized spacial score (nSPS) is 11.5. The molecule has 0 aliphatic heterocycles. The van der Waals surface area contributed by atoms with Crippen LogP contribution in [0.1, 0.15) is 37.5 Å². The molecule has 0 atom stereocenters. The quantitative estimate of drug-likeness (QED) is 0.715. The summed E-state index contributed by atoms with van der Waals surface area (Å²) in [6, 6.07) is 3.06. The third kappa shape index (κ3) is 6.17. The maximum Gasteiger partial charge on any atom is 0.247 e. The minimum absolute atomic E-state index is 0.0840. The van der Waals surface area contributed by atoms with Crippen LogP contribution in [0.25, 0.3) is 0 Å². The predicted octanol–water partition coefficient (Wildman–Crippen LogP) is 1.63. The van der Waals surface area contributed by atoms with Crippen molar-refractivity contribution in [3.8, 4) is 0 Å². The van der Waals surface area contributed by atoms with Crippen molar-refractivity contribution in [1.82, 2.24) is 5.32 Å². The lowest BCUT2D eigenvalue weighted by Gasteiger charge is -2.03. The van der Waals surface area contributed by atoms with Crippen LogP contribution in [-0.2, 0) is 21.2 Å². The van der Waals surface area contributed by atoms with Crippen molar-refractivity contribution in [2.75, 3.05) is 6.54 Å². The second-order valence-electron chi connectivity index (χ2n) is 4.35. The van der Waals surface area contributed by atoms with E-state index in [0.717, 1.165) is 24.2 Å². The number of hydrogen-bond donors (Lipinski definition) is 2. The predicted molar refractivity (Wildman–Crippen MR) is 76.5 cm³/mol. The molecule has 1 rings (SSSR count). The maximum absolute atomic E-state index is 11.6. The van der Waals surface area contributed by atoms with E-state index in [1.54, 1.807) is 6.07 Å². The molecule has 0 saturated carbocycles. The summed E-state index contributed by atoms with van der Waals surface area (Å²) in [4.78, 5) is 12.3. The molecule has 0 radical (unpaired) electrons. The number of primary sulfonamides is 1. The van der Waals surface area contributed by atoms with E-state index in [1.165, 1.54) is 18.9 Å². The van der Waals surface area contributed by atoms with Crippen LogP contribution >= 0.6 is 11.3 Å². The molecular formula is C12H20N2O3S2. The topological polar surface area (TPSA) is 89.3 Å². The van der Waals surface area contributed by atoms with Gasteiger partial charge in [-0.05, 0) is 18.6 Å². The number of amides is 1. The molecule has 1 heterocycles. The number of nitrogens with two attached hydrogens (primary N) is 1. The molecule has 0 saturated heterocycles. The smallest absolute Gasteiger partial charge is 0.247 e. The highest BCUT2D eigenvalue weighted by Crippen LogP contribution is 2.20. The first-order valence-electron chi connectivity index (χ1n) is 6.31. The molecule has 1 aromatic heterocycles. The summed E-state index contributed by atoms with van der Waals surface area (Å²) in [7, 11) is -3.66. The zero-order valence-electron chi connectivity index (χ0n) is 11.0. The highest BCUT2D eigenvalue weighted by Gasteiger charge is 2.12. The summed E-state index contributed by atoms with van der Waals surface area (Å²) in [5.41, 5.74) is 0. The van der Waals surface area contributed by atoms with Gasteiger partial charge in [0.25, 0.3) is 0 Å². The number of nitrogens with one attached hydrogen (secondary N) is 1. The van der Waals surface area contributed by atoms with E-state index in [1.807, 2.05) is 0 Å². The molecular weight excluding hydrogens is 284 g/mol. The Morgan fingerprint density at radius 2 is 2.05 bits per heavy atom. The summed E-state index contributed by atoms with van der Waals surface area (Å²) in [5, 5.41) is 7.83. The van der Waals surface area contributed by atoms with Crippen LogP contribution in [0.5, 0.6) is 0 Å². The molecule has 1 aromatic rings. The van der Waals surface area contributed by atoms with Gasteiger partial charge in [-0.3, -0.25) is 4.79 Å². The molecule has 3 N–H and O–H groups in total. The number of sulfonamides is 1. The fraction of sp³-hybridized carbons (Fsp3) is 0.583. The Labute approximate surface area is 118 Å². The summed E-state index contributed by atoms with van der Waals surface area (Å²) >= 11 is 1.04. The van der Waals surface area contributed by atoms with Crippen LogP contribution < -0.4 is 10.5 Å². The third-order valence-corrected chi connectivity index (χ3v) is 5.13. The highest BCUT2D eigenvalue weighted by molar-refractivity contribution is 7.91. The largest absolute Gasteiger partial charge is 0.356 e. The Kier molecular flexibility index (Phi) is 6.47. The summed E-state index contributed by atoms with van der Waals surface area (Å²) < 4.78 is 22.3. The molecule has 5 nitrogen and oxygen atoms in total. The lowest BCUT2D eigenvalue weighted by atomic mass is 10.2. The van der Waals surface area contributed by atoms with Crippen LogP contribution in [0.3, 0.4) is 0 Å². The van der Waals surface area contributed by atoms with Gasteiger partial charge in [0.2, 0.25) is 15.9 Å². The molecule has 7 heteroatoms. The number of unbranched alkanes of at least 4 members (excludes halogenated alkanes) is 3. The minimum Gasteiger partial charge on any atom is -0.356 e. The van der Waals surface area contributed by atoms with Gasteiger partial charge < -0.3 is 5.32 Å². The van der Waals surface area contributed by atoms with Gasteiger partial charge in [-0.2, -0.15) is 0 Å². The van der Waals surface area contributed by atoms with Crippen LogP contribution in [0.2, 0.25) is 0 Å². The van der Waals surface area contributed by atoms with E-state index in [-0.39, 0.29) is 16.5 Å². The number of carbonyl (C=O) groups excluding carboxylic acids is 1. The average Bonchev–Trinajstić information content (AvgIpc) is 2.77. The van der Waals surface area contributed by atoms with Crippen LogP contribution in [0.4, 0.5) is 0 Å². The van der Waals surface area contributed by atoms with Crippen molar-refractivity contribution in [2.45, 2.75) is 43.2 Å². The Morgan fingerprint density at radius 1 is 1.32 bits per heavy atom. The molecule has 0 aromatic carbocycles. The Bertz CT molecular complexity index is 509. The number of hydrogen-bond acceptors (Lipinski definition) is 4. The van der Waals surface area contributed by atoms with Crippen molar-refractivity contribution in [3.05, 3.63) is 17.0 Å². The van der Waals surface area contributed by atoms with Gasteiger partial charge in [-0.25, -0.2) is 13.6 Å². The molecule has 0 aliphatic carbocycles. The molecule has 0 bridgehead atoms. The van der Waals surface area contributed by atoms with Crippen molar-refractivity contribution < 1.29 is 13.2 Å². The first-order chi connectivity index (χ1) is 8.93. The molecule has 108 valence electrons. The average molecular weight is 304 g/mol. The number of thiophene rings is 1. The third-order valence-electron chi connectivity index (χ3n) is 2.60. The SMILES string of the molecule is CCCCCCNC(=O)Cc1ccc(S(N)(=O)=O)s1. The van der Waals surface area contributed by atoms with E-state index in [4.69, 9.17) is 5.14 Å². The fourth-order valence-electron chi connectivity index (χ4n) is 1.61. The molecule has 0 unspecified atom stereocenters. The van der Waals surface area contributed by atoms with Crippen LogP contribution in [0, 0.1) is 0 Å². The van der Waals surface area contributed by atoms with Gasteiger partial charge in [0.15, 0.2) is 0 Å². The van der Waals surface area contributed by atoms with E-state index < -0.39 is 10.0 Å². The summed E-state index contributed by atoms with van der Waals surface area (Å²) in [5.74, 6) is -0.0840. The Morgan fingerprint density at radius 3 is 2.63 bits per heavy atom. The van der Waals surface area contributed by atoms with Gasteiger partial charge in [0.05, 0.1) is 6.42 Å². The van der Waals surface area contributed by atoms with Gasteiger partial charge >= 0.3 is 0 Å². The van der Waals surface area contributed by atoms with Crippen LogP contribution in [0.15, 0.2) is 16.3 Å². The summed E-state index contributed by atoms with van der Waals surface area (Å²) in [6.07, 6.45) is 4.64. The minimum atomic E-state index is -3.66. The van der Waals surface area contributed by atoms with E-state index >= 15 is 0 Å². The Hall–Kier alpha value is -0.920. The monoisotopic (exact) mass is 304 g/mol. The standard InChI is InChI=1S/C12H20N2O3S2/c1-2-3-4-5-8-14-11(15)9-10-6-7-12(18-10)19(13,16)17/h6-7H,2-5,8-9H2,1H3,(H,14,15)(H2,13,16,17). The maximum atomic E-state index is 11.6. The van der Waals surface area contributed by atoms with Crippen molar-refractivity contribution >= 4 is 27.3 Å². The zero-order valence-corrected chi connectivity index (χ0v) is 12.6. The number of carbonyl (C=O) groups is 1. The second kappa shape index (κ2) is 7.62. The summed E-state index contributed by atoms with van der Waals surface area (Å²) in [6.45, 7) is 2.81. The fourth-order valence-corrected chi connectivity index (χ4v) is 3.38. The van der Waals surface area contributed by atoms with E-state index in [0.29, 0.717) is 11.4 Å². The van der Waals surface area contributed by atoms with Gasteiger partial charge in [0, 0.05) is 11.4 Å². The molecule has 1 amide bonds.